The van der Waals surface area contributed by atoms with E-state index in [-0.39, 0.29) is 18.4 Å². The number of nitrogens with one attached hydrogen (secondary N) is 1. The number of aliphatic carboxylic acids is 1. The summed E-state index contributed by atoms with van der Waals surface area (Å²) in [5.74, 6) is 0.0330. The summed E-state index contributed by atoms with van der Waals surface area (Å²) in [6.07, 6.45) is 7.97. The zero-order valence-corrected chi connectivity index (χ0v) is 13.0. The van der Waals surface area contributed by atoms with Crippen LogP contribution in [-0.4, -0.2) is 49.8 Å². The molecule has 24 heavy (non-hydrogen) atoms. The average molecular weight is 330 g/mol. The van der Waals surface area contributed by atoms with E-state index in [0.717, 1.165) is 31.7 Å². The van der Waals surface area contributed by atoms with Crippen molar-refractivity contribution in [3.8, 4) is 0 Å². The van der Waals surface area contributed by atoms with Gasteiger partial charge in [0, 0.05) is 43.7 Å². The molecule has 0 saturated carbocycles. The van der Waals surface area contributed by atoms with Crippen LogP contribution in [0.4, 0.5) is 11.6 Å². The van der Waals surface area contributed by atoms with Crippen molar-refractivity contribution in [2.75, 3.05) is 23.3 Å². The summed E-state index contributed by atoms with van der Waals surface area (Å²) in [7, 11) is 0. The highest BCUT2D eigenvalue weighted by atomic mass is 16.4. The number of rotatable bonds is 5. The van der Waals surface area contributed by atoms with Crippen molar-refractivity contribution in [1.29, 1.82) is 0 Å². The molecule has 0 radical (unpaired) electrons. The van der Waals surface area contributed by atoms with Gasteiger partial charge in [0.25, 0.3) is 0 Å². The van der Waals surface area contributed by atoms with Crippen molar-refractivity contribution in [3.05, 3.63) is 30.9 Å². The summed E-state index contributed by atoms with van der Waals surface area (Å²) < 4.78 is 1.27. The number of carbonyl (C=O) groups excluding carboxylic acids is 1. The Morgan fingerprint density at radius 1 is 1.29 bits per heavy atom. The topological polar surface area (TPSA) is 113 Å². The van der Waals surface area contributed by atoms with Crippen molar-refractivity contribution < 1.29 is 14.7 Å². The lowest BCUT2D eigenvalue weighted by molar-refractivity contribution is -0.137. The summed E-state index contributed by atoms with van der Waals surface area (Å²) in [6, 6.07) is 1.59. The van der Waals surface area contributed by atoms with Gasteiger partial charge in [0.2, 0.25) is 5.91 Å². The van der Waals surface area contributed by atoms with Crippen LogP contribution < -0.4 is 10.2 Å². The van der Waals surface area contributed by atoms with E-state index in [2.05, 4.69) is 25.3 Å². The lowest BCUT2D eigenvalue weighted by atomic mass is 9.96. The summed E-state index contributed by atoms with van der Waals surface area (Å²) >= 11 is 0. The van der Waals surface area contributed by atoms with Crippen LogP contribution in [-0.2, 0) is 16.1 Å². The molecule has 126 valence electrons. The van der Waals surface area contributed by atoms with Gasteiger partial charge in [-0.05, 0) is 12.8 Å². The van der Waals surface area contributed by atoms with Gasteiger partial charge in [-0.15, -0.1) is 0 Å². The molecule has 0 spiro atoms. The van der Waals surface area contributed by atoms with Gasteiger partial charge in [0.1, 0.15) is 12.4 Å². The molecule has 9 nitrogen and oxygen atoms in total. The maximum atomic E-state index is 12.3. The standard InChI is InChI=1S/C15H18N6O3/c22-14(23)10-21-8-3-12(19-21)18-15(24)11-1-6-20(7-2-11)13-9-16-4-5-17-13/h3-5,8-9,11H,1-2,6-7,10H2,(H,22,23)(H,18,19,24). The molecule has 0 aliphatic carbocycles. The molecule has 2 N–H and O–H groups in total. The third-order valence-electron chi connectivity index (χ3n) is 3.93. The first-order valence-corrected chi connectivity index (χ1v) is 7.69. The molecule has 0 bridgehead atoms. The number of aromatic nitrogens is 4. The Morgan fingerprint density at radius 2 is 2.08 bits per heavy atom. The second kappa shape index (κ2) is 7.07. The molecule has 1 fully saturated rings. The number of piperidine rings is 1. The van der Waals surface area contributed by atoms with E-state index in [1.165, 1.54) is 10.9 Å². The number of hydrogen-bond donors (Lipinski definition) is 2. The molecule has 1 aliphatic rings. The molecule has 0 unspecified atom stereocenters. The minimum atomic E-state index is -0.979. The number of nitrogens with zero attached hydrogens (tertiary/aromatic N) is 5. The van der Waals surface area contributed by atoms with Gasteiger partial charge >= 0.3 is 5.97 Å². The van der Waals surface area contributed by atoms with E-state index in [9.17, 15) is 9.59 Å². The summed E-state index contributed by atoms with van der Waals surface area (Å²) in [6.45, 7) is 1.25. The van der Waals surface area contributed by atoms with E-state index in [4.69, 9.17) is 5.11 Å². The maximum Gasteiger partial charge on any atom is 0.325 e. The van der Waals surface area contributed by atoms with Gasteiger partial charge < -0.3 is 15.3 Å². The van der Waals surface area contributed by atoms with E-state index in [0.29, 0.717) is 5.82 Å². The van der Waals surface area contributed by atoms with Crippen LogP contribution in [0.5, 0.6) is 0 Å². The zero-order chi connectivity index (χ0) is 16.9. The Kier molecular flexibility index (Phi) is 4.69. The molecule has 1 amide bonds. The molecule has 0 atom stereocenters. The molecular weight excluding hydrogens is 312 g/mol. The van der Waals surface area contributed by atoms with Crippen LogP contribution >= 0.6 is 0 Å². The van der Waals surface area contributed by atoms with Gasteiger partial charge in [-0.2, -0.15) is 5.10 Å². The van der Waals surface area contributed by atoms with Crippen LogP contribution in [0.1, 0.15) is 12.8 Å². The first-order chi connectivity index (χ1) is 11.6. The van der Waals surface area contributed by atoms with Crippen LogP contribution in [0.3, 0.4) is 0 Å². The quantitative estimate of drug-likeness (QED) is 0.826. The molecule has 2 aromatic rings. The maximum absolute atomic E-state index is 12.3. The van der Waals surface area contributed by atoms with Gasteiger partial charge in [0.05, 0.1) is 6.20 Å². The minimum absolute atomic E-state index is 0.0885. The summed E-state index contributed by atoms with van der Waals surface area (Å²) in [5.41, 5.74) is 0. The SMILES string of the molecule is O=C(O)Cn1ccc(NC(=O)C2CCN(c3cnccn3)CC2)n1. The number of amides is 1. The number of carboxylic acid groups (broad SMARTS) is 1. The lowest BCUT2D eigenvalue weighted by Gasteiger charge is -2.31. The fourth-order valence-corrected chi connectivity index (χ4v) is 2.71. The van der Waals surface area contributed by atoms with E-state index < -0.39 is 5.97 Å². The third kappa shape index (κ3) is 3.86. The predicted octanol–water partition coefficient (Wildman–Crippen LogP) is 0.613. The highest BCUT2D eigenvalue weighted by Gasteiger charge is 2.26. The Morgan fingerprint density at radius 3 is 2.75 bits per heavy atom. The molecule has 1 aliphatic heterocycles. The molecule has 9 heteroatoms. The van der Waals surface area contributed by atoms with Gasteiger partial charge in [-0.3, -0.25) is 19.3 Å². The smallest absolute Gasteiger partial charge is 0.325 e. The minimum Gasteiger partial charge on any atom is -0.480 e. The first-order valence-electron chi connectivity index (χ1n) is 7.69. The highest BCUT2D eigenvalue weighted by Crippen LogP contribution is 2.22. The van der Waals surface area contributed by atoms with Crippen LogP contribution in [0.15, 0.2) is 30.9 Å². The Labute approximate surface area is 138 Å². The predicted molar refractivity (Wildman–Crippen MR) is 85.5 cm³/mol. The normalized spacial score (nSPS) is 15.2. The van der Waals surface area contributed by atoms with Crippen molar-refractivity contribution in [3.63, 3.8) is 0 Å². The van der Waals surface area contributed by atoms with Crippen LogP contribution in [0, 0.1) is 5.92 Å². The first kappa shape index (κ1) is 15.9. The van der Waals surface area contributed by atoms with Crippen molar-refractivity contribution in [1.82, 2.24) is 19.7 Å². The molecule has 1 saturated heterocycles. The Bertz CT molecular complexity index is 709. The lowest BCUT2D eigenvalue weighted by Crippen LogP contribution is -2.38. The molecule has 3 heterocycles. The molecule has 2 aromatic heterocycles. The van der Waals surface area contributed by atoms with E-state index >= 15 is 0 Å². The molecule has 3 rings (SSSR count). The number of hydrogen-bond acceptors (Lipinski definition) is 6. The number of anilines is 2. The van der Waals surface area contributed by atoms with Crippen LogP contribution in [0.2, 0.25) is 0 Å². The fourth-order valence-electron chi connectivity index (χ4n) is 2.71. The van der Waals surface area contributed by atoms with Crippen LogP contribution in [0.25, 0.3) is 0 Å². The highest BCUT2D eigenvalue weighted by molar-refractivity contribution is 5.91. The van der Waals surface area contributed by atoms with Crippen molar-refractivity contribution in [2.24, 2.45) is 5.92 Å². The zero-order valence-electron chi connectivity index (χ0n) is 13.0. The number of carbonyl (C=O) groups is 2. The van der Waals surface area contributed by atoms with E-state index in [1.54, 1.807) is 24.7 Å². The van der Waals surface area contributed by atoms with Gasteiger partial charge in [-0.1, -0.05) is 0 Å². The second-order valence-corrected chi connectivity index (χ2v) is 5.61. The third-order valence-corrected chi connectivity index (χ3v) is 3.93. The van der Waals surface area contributed by atoms with Crippen molar-refractivity contribution >= 4 is 23.5 Å². The largest absolute Gasteiger partial charge is 0.480 e. The van der Waals surface area contributed by atoms with Crippen molar-refractivity contribution in [2.45, 2.75) is 19.4 Å². The Balaban J connectivity index is 1.52. The fraction of sp³-hybridized carbons (Fsp3) is 0.400. The van der Waals surface area contributed by atoms with Gasteiger partial charge in [0.15, 0.2) is 5.82 Å². The van der Waals surface area contributed by atoms with E-state index in [1.807, 2.05) is 0 Å². The Hall–Kier alpha value is -2.97. The molecular formula is C15H18N6O3. The molecule has 0 aromatic carbocycles. The number of carboxylic acids is 1. The monoisotopic (exact) mass is 330 g/mol. The second-order valence-electron chi connectivity index (χ2n) is 5.61. The average Bonchev–Trinajstić information content (AvgIpc) is 3.02. The summed E-state index contributed by atoms with van der Waals surface area (Å²) in [4.78, 5) is 33.4. The van der Waals surface area contributed by atoms with Gasteiger partial charge in [-0.25, -0.2) is 4.98 Å². The summed E-state index contributed by atoms with van der Waals surface area (Å²) in [5, 5.41) is 15.5.